The Morgan fingerprint density at radius 1 is 1.17 bits per heavy atom. The second-order valence-corrected chi connectivity index (χ2v) is 8.13. The molecule has 0 radical (unpaired) electrons. The Balaban J connectivity index is 1.47. The van der Waals surface area contributed by atoms with Gasteiger partial charge in [0.1, 0.15) is 11.4 Å². The number of anilines is 1. The number of hydrogen-bond acceptors (Lipinski definition) is 4. The second-order valence-electron chi connectivity index (χ2n) is 8.13. The average Bonchev–Trinajstić information content (AvgIpc) is 3.09. The number of carbonyl (C=O) groups is 2. The van der Waals surface area contributed by atoms with Crippen LogP contribution in [0.2, 0.25) is 0 Å². The summed E-state index contributed by atoms with van der Waals surface area (Å²) in [5, 5.41) is 2.71. The Labute approximate surface area is 175 Å². The van der Waals surface area contributed by atoms with Crippen molar-refractivity contribution in [2.75, 3.05) is 31.5 Å². The van der Waals surface area contributed by atoms with Crippen LogP contribution in [-0.4, -0.2) is 59.5 Å². The van der Waals surface area contributed by atoms with E-state index >= 15 is 0 Å². The van der Waals surface area contributed by atoms with Crippen LogP contribution in [0.5, 0.6) is 0 Å². The van der Waals surface area contributed by atoms with E-state index in [-0.39, 0.29) is 18.4 Å². The highest BCUT2D eigenvalue weighted by molar-refractivity contribution is 5.94. The number of carbonyl (C=O) groups excluding carboxylic acids is 2. The molecule has 0 bridgehead atoms. The standard InChI is InChI=1S/C23H26FN3O3/c1-17(28)27-14-21(22(29)25-20-9-5-8-19(24)12-20)30-23(16-27)10-11-26(15-23)13-18-6-3-2-4-7-18/h2-9,12,21H,10-11,13-16H2,1H3,(H,25,29). The molecule has 2 atom stereocenters. The van der Waals surface area contributed by atoms with Gasteiger partial charge in [-0.25, -0.2) is 4.39 Å². The molecule has 0 aromatic heterocycles. The number of rotatable bonds is 4. The molecule has 2 aromatic rings. The summed E-state index contributed by atoms with van der Waals surface area (Å²) in [5.74, 6) is -0.873. The fraction of sp³-hybridized carbons (Fsp3) is 0.391. The van der Waals surface area contributed by atoms with Crippen molar-refractivity contribution in [3.63, 3.8) is 0 Å². The van der Waals surface area contributed by atoms with E-state index in [0.717, 1.165) is 19.5 Å². The predicted octanol–water partition coefficient (Wildman–Crippen LogP) is 2.66. The molecular formula is C23H26FN3O3. The maximum Gasteiger partial charge on any atom is 0.255 e. The molecule has 0 aliphatic carbocycles. The summed E-state index contributed by atoms with van der Waals surface area (Å²) in [5.41, 5.74) is 1.01. The number of likely N-dealkylation sites (tertiary alicyclic amines) is 1. The minimum Gasteiger partial charge on any atom is -0.357 e. The lowest BCUT2D eigenvalue weighted by Gasteiger charge is -2.43. The molecule has 2 aliphatic heterocycles. The largest absolute Gasteiger partial charge is 0.357 e. The van der Waals surface area contributed by atoms with Crippen molar-refractivity contribution in [3.8, 4) is 0 Å². The minimum absolute atomic E-state index is 0.0808. The summed E-state index contributed by atoms with van der Waals surface area (Å²) in [7, 11) is 0. The lowest BCUT2D eigenvalue weighted by Crippen LogP contribution is -2.60. The summed E-state index contributed by atoms with van der Waals surface area (Å²) < 4.78 is 19.8. The Morgan fingerprint density at radius 2 is 1.97 bits per heavy atom. The zero-order valence-corrected chi connectivity index (χ0v) is 17.0. The molecule has 2 fully saturated rings. The first-order valence-corrected chi connectivity index (χ1v) is 10.2. The van der Waals surface area contributed by atoms with Gasteiger partial charge in [-0.1, -0.05) is 36.4 Å². The van der Waals surface area contributed by atoms with Gasteiger partial charge in [0, 0.05) is 32.2 Å². The van der Waals surface area contributed by atoms with Crippen molar-refractivity contribution in [2.45, 2.75) is 31.6 Å². The first-order chi connectivity index (χ1) is 14.4. The van der Waals surface area contributed by atoms with E-state index in [4.69, 9.17) is 4.74 Å². The van der Waals surface area contributed by atoms with Crippen LogP contribution in [0.3, 0.4) is 0 Å². The number of benzene rings is 2. The molecule has 30 heavy (non-hydrogen) atoms. The highest BCUT2D eigenvalue weighted by Gasteiger charge is 2.48. The Kier molecular flexibility index (Phi) is 5.83. The van der Waals surface area contributed by atoms with E-state index in [1.807, 2.05) is 18.2 Å². The molecule has 1 spiro atoms. The van der Waals surface area contributed by atoms with Gasteiger partial charge in [-0.2, -0.15) is 0 Å². The van der Waals surface area contributed by atoms with Gasteiger partial charge in [0.05, 0.1) is 13.1 Å². The number of morpholine rings is 1. The van der Waals surface area contributed by atoms with E-state index in [0.29, 0.717) is 18.8 Å². The van der Waals surface area contributed by atoms with Crippen LogP contribution in [0, 0.1) is 5.82 Å². The molecule has 2 aliphatic rings. The van der Waals surface area contributed by atoms with Crippen LogP contribution in [0.1, 0.15) is 18.9 Å². The lowest BCUT2D eigenvalue weighted by molar-refractivity contribution is -0.171. The van der Waals surface area contributed by atoms with E-state index in [1.165, 1.54) is 30.7 Å². The van der Waals surface area contributed by atoms with Crippen LogP contribution in [0.4, 0.5) is 10.1 Å². The third-order valence-electron chi connectivity index (χ3n) is 5.73. The molecule has 2 aromatic carbocycles. The monoisotopic (exact) mass is 411 g/mol. The minimum atomic E-state index is -0.803. The maximum absolute atomic E-state index is 13.4. The summed E-state index contributed by atoms with van der Waals surface area (Å²) in [4.78, 5) is 29.0. The first kappa shape index (κ1) is 20.5. The number of hydrogen-bond donors (Lipinski definition) is 1. The van der Waals surface area contributed by atoms with Crippen molar-refractivity contribution in [1.29, 1.82) is 0 Å². The fourth-order valence-electron chi connectivity index (χ4n) is 4.28. The number of amides is 2. The van der Waals surface area contributed by atoms with Gasteiger partial charge in [-0.05, 0) is 30.2 Å². The quantitative estimate of drug-likeness (QED) is 0.840. The highest BCUT2D eigenvalue weighted by atomic mass is 19.1. The van der Waals surface area contributed by atoms with Crippen LogP contribution in [-0.2, 0) is 20.9 Å². The Hall–Kier alpha value is -2.77. The summed E-state index contributed by atoms with van der Waals surface area (Å²) in [6.45, 7) is 4.45. The molecule has 0 saturated carbocycles. The Bertz CT molecular complexity index is 923. The zero-order valence-electron chi connectivity index (χ0n) is 17.0. The number of nitrogens with one attached hydrogen (secondary N) is 1. The average molecular weight is 411 g/mol. The maximum atomic E-state index is 13.4. The topological polar surface area (TPSA) is 61.9 Å². The first-order valence-electron chi connectivity index (χ1n) is 10.2. The van der Waals surface area contributed by atoms with E-state index in [2.05, 4.69) is 22.3 Å². The van der Waals surface area contributed by atoms with Gasteiger partial charge in [0.25, 0.3) is 5.91 Å². The lowest BCUT2D eigenvalue weighted by atomic mass is 9.98. The SMILES string of the molecule is CC(=O)N1CC(C(=O)Nc2cccc(F)c2)OC2(CCN(Cc3ccccc3)C2)C1. The molecular weight excluding hydrogens is 385 g/mol. The molecule has 1 N–H and O–H groups in total. The molecule has 2 saturated heterocycles. The molecule has 4 rings (SSSR count). The van der Waals surface area contributed by atoms with Gasteiger partial charge in [0.2, 0.25) is 5.91 Å². The summed E-state index contributed by atoms with van der Waals surface area (Å²) in [6.07, 6.45) is -0.0597. The van der Waals surface area contributed by atoms with Gasteiger partial charge in [-0.3, -0.25) is 14.5 Å². The van der Waals surface area contributed by atoms with E-state index in [9.17, 15) is 14.0 Å². The molecule has 6 nitrogen and oxygen atoms in total. The van der Waals surface area contributed by atoms with Crippen LogP contribution >= 0.6 is 0 Å². The number of nitrogens with zero attached hydrogens (tertiary/aromatic N) is 2. The number of halogens is 1. The van der Waals surface area contributed by atoms with Crippen LogP contribution < -0.4 is 5.32 Å². The van der Waals surface area contributed by atoms with Crippen LogP contribution in [0.25, 0.3) is 0 Å². The van der Waals surface area contributed by atoms with E-state index in [1.54, 1.807) is 11.0 Å². The third kappa shape index (κ3) is 4.68. The van der Waals surface area contributed by atoms with E-state index < -0.39 is 17.5 Å². The summed E-state index contributed by atoms with van der Waals surface area (Å²) >= 11 is 0. The Morgan fingerprint density at radius 3 is 2.70 bits per heavy atom. The van der Waals surface area contributed by atoms with Gasteiger partial charge in [-0.15, -0.1) is 0 Å². The zero-order chi connectivity index (χ0) is 21.1. The predicted molar refractivity (Wildman–Crippen MR) is 111 cm³/mol. The number of ether oxygens (including phenoxy) is 1. The van der Waals surface area contributed by atoms with Crippen molar-refractivity contribution in [2.24, 2.45) is 0 Å². The third-order valence-corrected chi connectivity index (χ3v) is 5.73. The molecule has 7 heteroatoms. The van der Waals surface area contributed by atoms with Gasteiger partial charge < -0.3 is 15.0 Å². The molecule has 2 amide bonds. The molecule has 2 heterocycles. The van der Waals surface area contributed by atoms with Crippen molar-refractivity contribution >= 4 is 17.5 Å². The van der Waals surface area contributed by atoms with Crippen molar-refractivity contribution in [1.82, 2.24) is 9.80 Å². The van der Waals surface area contributed by atoms with Gasteiger partial charge >= 0.3 is 0 Å². The summed E-state index contributed by atoms with van der Waals surface area (Å²) in [6, 6.07) is 15.9. The van der Waals surface area contributed by atoms with Crippen molar-refractivity contribution < 1.29 is 18.7 Å². The fourth-order valence-corrected chi connectivity index (χ4v) is 4.28. The second kappa shape index (κ2) is 8.53. The smallest absolute Gasteiger partial charge is 0.255 e. The van der Waals surface area contributed by atoms with Gasteiger partial charge in [0.15, 0.2) is 6.10 Å². The highest BCUT2D eigenvalue weighted by Crippen LogP contribution is 2.33. The normalized spacial score (nSPS) is 24.2. The molecule has 158 valence electrons. The van der Waals surface area contributed by atoms with Crippen LogP contribution in [0.15, 0.2) is 54.6 Å². The van der Waals surface area contributed by atoms with Crippen molar-refractivity contribution in [3.05, 3.63) is 66.0 Å². The molecule has 2 unspecified atom stereocenters.